The zero-order chi connectivity index (χ0) is 87.5. The molecule has 0 saturated carbocycles. The smallest absolute Gasteiger partial charge is 0.410 e. The molecule has 5 N–H and O–H groups in total. The first kappa shape index (κ1) is 93.6. The summed E-state index contributed by atoms with van der Waals surface area (Å²) in [6, 6.07) is 24.5. The second kappa shape index (κ2) is 42.3. The van der Waals surface area contributed by atoms with Crippen LogP contribution in [0.4, 0.5) is 19.2 Å². The molecule has 6 amide bonds. The first-order valence-electron chi connectivity index (χ1n) is 42.2. The average molecular weight is 1730 g/mol. The lowest BCUT2D eigenvalue weighted by Crippen LogP contribution is -2.54. The summed E-state index contributed by atoms with van der Waals surface area (Å²) in [5.74, 6) is 10.8. The lowest BCUT2D eigenvalue weighted by atomic mass is 9.92. The molecule has 120 heavy (non-hydrogen) atoms. The molecule has 4 saturated heterocycles. The third-order valence-corrected chi connectivity index (χ3v) is 24.9. The number of methoxy groups -OCH3 is 2. The predicted octanol–water partition coefficient (Wildman–Crippen LogP) is 18.4. The number of alkyl carbamates (subject to hydrolysis) is 2. The topological polar surface area (TPSA) is 310 Å². The van der Waals surface area contributed by atoms with Gasteiger partial charge in [0.1, 0.15) is 58.9 Å². The minimum Gasteiger partial charge on any atom is -0.480 e. The second-order valence-electron chi connectivity index (χ2n) is 35.0. The van der Waals surface area contributed by atoms with E-state index in [9.17, 15) is 33.6 Å². The Bertz CT molecular complexity index is 4920. The summed E-state index contributed by atoms with van der Waals surface area (Å²) in [5, 5.41) is 18.3. The van der Waals surface area contributed by atoms with Crippen LogP contribution in [-0.4, -0.2) is 186 Å². The van der Waals surface area contributed by atoms with Gasteiger partial charge in [-0.25, -0.2) is 38.9 Å². The second-order valence-corrected chi connectivity index (χ2v) is 41.6. The number of hydrogen-bond donors (Lipinski definition) is 5. The Morgan fingerprint density at radius 3 is 1.73 bits per heavy atom. The van der Waals surface area contributed by atoms with Crippen molar-refractivity contribution in [3.63, 3.8) is 0 Å². The minimum absolute atomic E-state index is 0.00343. The van der Waals surface area contributed by atoms with Gasteiger partial charge < -0.3 is 63.8 Å². The number of H-pyrrole nitrogens is 2. The Labute approximate surface area is 717 Å². The monoisotopic (exact) mass is 1730 g/mol. The SMILES string of the molecule is C#Cc1cn(COCC[Si](C)(C)C)c([C@@H]2CCCN2C(=O)OC(C)(C)C)n1.CC(C)(C)OC(=O)N1CCC[C@H]1c1ncc(-c2ccc3cc(Br)ccc3c2)[nH]1.CC[C@H](C)[C@H](C)C(=O)N1CCC[C@H]1c1ncc(C#Cc2ccc3cc(C4=CN=C([C@@H]5CCCN5C(=O)[C@@H](NC(=O)OC)[C@@H](C)CC)C4)ccc3c2)[nH]1.CC[C@H](C)[C@H](NC(=O)OC)C(=O)O. The van der Waals surface area contributed by atoms with E-state index < -0.39 is 49.5 Å². The van der Waals surface area contributed by atoms with Crippen LogP contribution in [0.3, 0.4) is 0 Å². The lowest BCUT2D eigenvalue weighted by Gasteiger charge is -2.31. The minimum atomic E-state index is -1.14. The van der Waals surface area contributed by atoms with E-state index >= 15 is 0 Å². The van der Waals surface area contributed by atoms with Crippen LogP contribution in [0.1, 0.15) is 225 Å². The van der Waals surface area contributed by atoms with E-state index in [1.165, 1.54) is 25.0 Å². The van der Waals surface area contributed by atoms with Crippen molar-refractivity contribution in [2.45, 2.75) is 247 Å². The number of allylic oxidation sites excluding steroid dienone is 1. The number of carbonyl (C=O) groups excluding carboxylic acids is 6. The number of halogens is 1. The summed E-state index contributed by atoms with van der Waals surface area (Å²) in [5.41, 5.74) is 6.43. The molecule has 3 aromatic heterocycles. The molecule has 8 heterocycles. The number of nitrogens with one attached hydrogen (secondary N) is 4. The first-order chi connectivity index (χ1) is 56.9. The largest absolute Gasteiger partial charge is 0.480 e. The Balaban J connectivity index is 0.000000203. The van der Waals surface area contributed by atoms with E-state index in [-0.39, 0.29) is 65.9 Å². The van der Waals surface area contributed by atoms with Crippen LogP contribution in [0.15, 0.2) is 107 Å². The van der Waals surface area contributed by atoms with Gasteiger partial charge in [-0.1, -0.05) is 146 Å². The van der Waals surface area contributed by atoms with Gasteiger partial charge in [-0.2, -0.15) is 0 Å². The van der Waals surface area contributed by atoms with Crippen molar-refractivity contribution >= 4 is 99.0 Å². The number of aliphatic imine (C=N–C) groups is 1. The Morgan fingerprint density at radius 2 is 1.13 bits per heavy atom. The van der Waals surface area contributed by atoms with Gasteiger partial charge in [-0.15, -0.1) is 6.42 Å². The number of fused-ring (bicyclic) bond motifs is 2. The zero-order valence-electron chi connectivity index (χ0n) is 73.3. The normalized spacial score (nSPS) is 18.6. The highest BCUT2D eigenvalue weighted by molar-refractivity contribution is 9.10. The Morgan fingerprint density at radius 1 is 0.625 bits per heavy atom. The van der Waals surface area contributed by atoms with Gasteiger partial charge in [0.25, 0.3) is 0 Å². The van der Waals surface area contributed by atoms with Crippen molar-refractivity contribution < 1.29 is 62.4 Å². The molecule has 4 aromatic carbocycles. The number of carbonyl (C=O) groups is 7. The van der Waals surface area contributed by atoms with Crippen molar-refractivity contribution in [3.05, 3.63) is 142 Å². The van der Waals surface area contributed by atoms with Crippen molar-refractivity contribution in [1.82, 2.24) is 59.7 Å². The average Bonchev–Trinajstić information content (AvgIpc) is 1.48. The summed E-state index contributed by atoms with van der Waals surface area (Å²) in [6.07, 6.45) is 21.4. The maximum absolute atomic E-state index is 13.7. The molecule has 0 radical (unpaired) electrons. The van der Waals surface area contributed by atoms with Crippen molar-refractivity contribution in [3.8, 4) is 35.4 Å². The van der Waals surface area contributed by atoms with Crippen LogP contribution in [0.2, 0.25) is 25.7 Å². The number of imidazole rings is 3. The standard InChI is InChI=1S/C42H52N6O4.C22H24BrN3O2.C20H33N3O3Si.C8H15NO4/c1-7-26(3)28(5)40(49)48-20-10-12-37(48)39-44-25-34(45-39)18-14-29-13-15-31-22-32(17-16-30(31)21-29)33-23-35(43-24-33)36-11-9-19-47(36)41(50)38(27(4)8-2)46-42(51)52-6;1-22(2,3)28-21(27)26-10-4-5-19(26)20-24-13-18(25-20)16-7-6-15-12-17(23)9-8-14(15)11-16;1-8-16-14-22(15-25-12-13-27(5,6)7)18(21-16)17-10-9-11-23(17)19(24)26-20(2,3)4;1-4-5(2)6(7(10)11)9-8(12)13-3/h13,15-17,21-22,24-28,36-38H,7-12,19-20,23H2,1-6H3,(H,44,45)(H,46,51);6-9,11-13,19H,4-5,10H2,1-3H3,(H,24,25);1,14,17H,9-13,15H2,2-7H3;5-6H,4H2,1-3H3,(H,9,12)(H,10,11)/t26-,27-,28-,36-,37-,38-;19-;17-;5-,6-/m0000/s1. The third kappa shape index (κ3) is 25.4. The lowest BCUT2D eigenvalue weighted by molar-refractivity contribution is -0.141. The number of aliphatic carboxylic acids is 1. The van der Waals surface area contributed by atoms with Gasteiger partial charge in [0.2, 0.25) is 11.8 Å². The van der Waals surface area contributed by atoms with Gasteiger partial charge >= 0.3 is 30.3 Å². The van der Waals surface area contributed by atoms with Gasteiger partial charge in [0.15, 0.2) is 0 Å². The van der Waals surface area contributed by atoms with Gasteiger partial charge in [-0.05, 0) is 198 Å². The van der Waals surface area contributed by atoms with Gasteiger partial charge in [0, 0.05) is 86.9 Å². The molecule has 5 aliphatic heterocycles. The van der Waals surface area contributed by atoms with Crippen LogP contribution >= 0.6 is 15.9 Å². The number of terminal acetylenes is 1. The molecular formula is C92H124BrN13O13Si. The van der Waals surface area contributed by atoms with E-state index in [0.717, 1.165) is 155 Å². The number of carboxylic acids is 1. The molecule has 26 nitrogen and oxygen atoms in total. The highest BCUT2D eigenvalue weighted by Gasteiger charge is 2.42. The molecule has 28 heteroatoms. The number of hydrogen-bond acceptors (Lipinski definition) is 16. The summed E-state index contributed by atoms with van der Waals surface area (Å²) in [6.45, 7) is 36.1. The number of amides is 6. The molecule has 12 rings (SSSR count). The van der Waals surface area contributed by atoms with Crippen LogP contribution in [0, 0.1) is 47.9 Å². The summed E-state index contributed by atoms with van der Waals surface area (Å²) >= 11 is 3.51. The molecule has 0 bridgehead atoms. The van der Waals surface area contributed by atoms with E-state index in [0.29, 0.717) is 50.8 Å². The maximum atomic E-state index is 13.7. The fraction of sp³-hybridized carbons (Fsp3) is 0.533. The zero-order valence-corrected chi connectivity index (χ0v) is 75.9. The maximum Gasteiger partial charge on any atom is 0.410 e. The van der Waals surface area contributed by atoms with Gasteiger partial charge in [-0.3, -0.25) is 24.4 Å². The predicted molar refractivity (Wildman–Crippen MR) is 474 cm³/mol. The molecule has 10 atom stereocenters. The Kier molecular flexibility index (Phi) is 33.0. The third-order valence-electron chi connectivity index (χ3n) is 22.7. The number of benzene rings is 4. The van der Waals surface area contributed by atoms with Crippen LogP contribution in [-0.2, 0) is 44.8 Å². The fourth-order valence-corrected chi connectivity index (χ4v) is 16.3. The number of likely N-dealkylation sites (tertiary alicyclic amines) is 4. The molecule has 5 aliphatic rings. The van der Waals surface area contributed by atoms with Crippen molar-refractivity contribution in [2.75, 3.05) is 47.0 Å². The fourth-order valence-electron chi connectivity index (χ4n) is 15.1. The summed E-state index contributed by atoms with van der Waals surface area (Å²) in [4.78, 5) is 118. The van der Waals surface area contributed by atoms with E-state index in [4.69, 9.17) is 35.5 Å². The Hall–Kier alpha value is -10.3. The quantitative estimate of drug-likeness (QED) is 0.0182. The first-order valence-corrected chi connectivity index (χ1v) is 46.7. The van der Waals surface area contributed by atoms with E-state index in [2.05, 4.69) is 168 Å². The van der Waals surface area contributed by atoms with Crippen LogP contribution in [0.25, 0.3) is 38.4 Å². The van der Waals surface area contributed by atoms with E-state index in [1.807, 2.05) is 114 Å². The molecule has 646 valence electrons. The van der Waals surface area contributed by atoms with Crippen LogP contribution in [0.5, 0.6) is 0 Å². The highest BCUT2D eigenvalue weighted by Crippen LogP contribution is 2.39. The molecule has 4 fully saturated rings. The molecule has 0 unspecified atom stereocenters. The summed E-state index contributed by atoms with van der Waals surface area (Å²) < 4.78 is 29.1. The summed E-state index contributed by atoms with van der Waals surface area (Å²) in [7, 11) is 1.38. The number of ether oxygens (including phenoxy) is 5. The van der Waals surface area contributed by atoms with Gasteiger partial charge in [0.05, 0.1) is 56.5 Å². The van der Waals surface area contributed by atoms with Crippen molar-refractivity contribution in [2.24, 2.45) is 28.7 Å². The molecular weight excluding hydrogens is 1600 g/mol. The number of aromatic nitrogens is 6. The van der Waals surface area contributed by atoms with Crippen LogP contribution < -0.4 is 10.6 Å². The van der Waals surface area contributed by atoms with E-state index in [1.54, 1.807) is 22.9 Å². The van der Waals surface area contributed by atoms with Crippen molar-refractivity contribution in [1.29, 1.82) is 0 Å². The molecule has 0 aliphatic carbocycles. The molecule has 0 spiro atoms. The number of carboxylic acid groups (broad SMARTS) is 1. The number of nitrogens with zero attached hydrogens (tertiary/aromatic N) is 9. The highest BCUT2D eigenvalue weighted by atomic mass is 79.9. The number of aromatic amines is 2. The molecule has 7 aromatic rings. The number of rotatable bonds is 22.